The van der Waals surface area contributed by atoms with Crippen LogP contribution >= 0.6 is 0 Å². The number of aromatic nitrogens is 4. The maximum atomic E-state index is 12.6. The third-order valence-electron chi connectivity index (χ3n) is 6.12. The number of pyridine rings is 1. The summed E-state index contributed by atoms with van der Waals surface area (Å²) < 4.78 is 1.93. The normalized spacial score (nSPS) is 14.4. The summed E-state index contributed by atoms with van der Waals surface area (Å²) in [6.45, 7) is 1.81. The molecule has 33 heavy (non-hydrogen) atoms. The van der Waals surface area contributed by atoms with E-state index in [1.807, 2.05) is 58.1 Å². The SMILES string of the molecule is O=C(NCc1ccn2ccnc2c1)c1ccc(C2CCN(C(=O)c3cnccn3)CC2)cc1. The van der Waals surface area contributed by atoms with E-state index >= 15 is 0 Å². The summed E-state index contributed by atoms with van der Waals surface area (Å²) >= 11 is 0. The van der Waals surface area contributed by atoms with Gasteiger partial charge in [0.05, 0.1) is 6.20 Å². The lowest BCUT2D eigenvalue weighted by Crippen LogP contribution is -2.38. The van der Waals surface area contributed by atoms with Crippen molar-refractivity contribution in [1.82, 2.24) is 29.6 Å². The Balaban J connectivity index is 1.15. The average molecular weight is 441 g/mol. The van der Waals surface area contributed by atoms with Gasteiger partial charge >= 0.3 is 0 Å². The molecule has 8 nitrogen and oxygen atoms in total. The Morgan fingerprint density at radius 2 is 1.79 bits per heavy atom. The molecule has 0 bridgehead atoms. The Kier molecular flexibility index (Phi) is 5.80. The minimum atomic E-state index is -0.103. The van der Waals surface area contributed by atoms with E-state index < -0.39 is 0 Å². The zero-order valence-corrected chi connectivity index (χ0v) is 18.1. The Morgan fingerprint density at radius 1 is 0.970 bits per heavy atom. The van der Waals surface area contributed by atoms with Crippen molar-refractivity contribution in [3.8, 4) is 0 Å². The second-order valence-corrected chi connectivity index (χ2v) is 8.19. The molecule has 0 unspecified atom stereocenters. The van der Waals surface area contributed by atoms with Gasteiger partial charge in [0.15, 0.2) is 0 Å². The van der Waals surface area contributed by atoms with Gasteiger partial charge in [0, 0.05) is 56.2 Å². The van der Waals surface area contributed by atoms with Crippen molar-refractivity contribution in [2.45, 2.75) is 25.3 Å². The molecule has 4 heterocycles. The van der Waals surface area contributed by atoms with E-state index in [1.54, 1.807) is 12.4 Å². The lowest BCUT2D eigenvalue weighted by atomic mass is 9.89. The Labute approximate surface area is 191 Å². The molecule has 1 aliphatic heterocycles. The number of imidazole rings is 1. The third kappa shape index (κ3) is 4.59. The van der Waals surface area contributed by atoms with E-state index in [9.17, 15) is 9.59 Å². The largest absolute Gasteiger partial charge is 0.348 e. The van der Waals surface area contributed by atoms with Crippen LogP contribution < -0.4 is 5.32 Å². The van der Waals surface area contributed by atoms with Crippen LogP contribution in [0.4, 0.5) is 0 Å². The number of hydrogen-bond donors (Lipinski definition) is 1. The molecule has 0 saturated carbocycles. The van der Waals surface area contributed by atoms with Gasteiger partial charge in [-0.2, -0.15) is 0 Å². The fraction of sp³-hybridized carbons (Fsp3) is 0.240. The smallest absolute Gasteiger partial charge is 0.274 e. The molecule has 0 aliphatic carbocycles. The molecule has 5 rings (SSSR count). The average Bonchev–Trinajstić information content (AvgIpc) is 3.35. The lowest BCUT2D eigenvalue weighted by molar-refractivity contribution is 0.0706. The number of rotatable bonds is 5. The Morgan fingerprint density at radius 3 is 2.55 bits per heavy atom. The quantitative estimate of drug-likeness (QED) is 0.515. The number of piperidine rings is 1. The molecule has 0 radical (unpaired) electrons. The van der Waals surface area contributed by atoms with Crippen LogP contribution in [0.2, 0.25) is 0 Å². The molecule has 0 atom stereocenters. The van der Waals surface area contributed by atoms with Gasteiger partial charge in [-0.25, -0.2) is 9.97 Å². The summed E-state index contributed by atoms with van der Waals surface area (Å²) in [5.74, 6) is 0.198. The van der Waals surface area contributed by atoms with Crippen LogP contribution in [0.5, 0.6) is 0 Å². The predicted molar refractivity (Wildman–Crippen MR) is 123 cm³/mol. The molecular formula is C25H24N6O2. The van der Waals surface area contributed by atoms with Gasteiger partial charge in [0.1, 0.15) is 11.3 Å². The lowest BCUT2D eigenvalue weighted by Gasteiger charge is -2.32. The first kappa shape index (κ1) is 20.8. The fourth-order valence-corrected chi connectivity index (χ4v) is 4.24. The fourth-order valence-electron chi connectivity index (χ4n) is 4.24. The first-order valence-electron chi connectivity index (χ1n) is 11.0. The summed E-state index contributed by atoms with van der Waals surface area (Å²) in [4.78, 5) is 39.3. The van der Waals surface area contributed by atoms with E-state index in [2.05, 4.69) is 20.3 Å². The van der Waals surface area contributed by atoms with Crippen LogP contribution in [-0.4, -0.2) is 49.2 Å². The van der Waals surface area contributed by atoms with Gasteiger partial charge in [0.25, 0.3) is 11.8 Å². The summed E-state index contributed by atoms with van der Waals surface area (Å²) in [6.07, 6.45) is 11.9. The minimum Gasteiger partial charge on any atom is -0.348 e. The third-order valence-corrected chi connectivity index (χ3v) is 6.12. The van der Waals surface area contributed by atoms with Crippen molar-refractivity contribution in [2.24, 2.45) is 0 Å². The van der Waals surface area contributed by atoms with Crippen LogP contribution in [-0.2, 0) is 6.54 Å². The molecule has 0 spiro atoms. The monoisotopic (exact) mass is 440 g/mol. The molecule has 1 aliphatic rings. The summed E-state index contributed by atoms with van der Waals surface area (Å²) in [6, 6.07) is 11.7. The highest BCUT2D eigenvalue weighted by atomic mass is 16.2. The van der Waals surface area contributed by atoms with Crippen molar-refractivity contribution in [3.05, 3.63) is 96.0 Å². The van der Waals surface area contributed by atoms with Crippen LogP contribution in [0.15, 0.2) is 73.6 Å². The number of carbonyl (C=O) groups is 2. The van der Waals surface area contributed by atoms with Crippen molar-refractivity contribution < 1.29 is 9.59 Å². The molecular weight excluding hydrogens is 416 g/mol. The first-order chi connectivity index (χ1) is 16.2. The number of nitrogens with one attached hydrogen (secondary N) is 1. The van der Waals surface area contributed by atoms with Gasteiger partial charge < -0.3 is 14.6 Å². The number of amides is 2. The molecule has 8 heteroatoms. The van der Waals surface area contributed by atoms with Crippen LogP contribution in [0.1, 0.15) is 50.7 Å². The highest BCUT2D eigenvalue weighted by molar-refractivity contribution is 5.94. The molecule has 1 fully saturated rings. The number of fused-ring (bicyclic) bond motifs is 1. The number of benzene rings is 1. The van der Waals surface area contributed by atoms with Gasteiger partial charge in [-0.1, -0.05) is 12.1 Å². The summed E-state index contributed by atoms with van der Waals surface area (Å²) in [5, 5.41) is 2.97. The topological polar surface area (TPSA) is 92.5 Å². The van der Waals surface area contributed by atoms with E-state index in [-0.39, 0.29) is 11.8 Å². The Bertz CT molecular complexity index is 1260. The van der Waals surface area contributed by atoms with Gasteiger partial charge in [0.2, 0.25) is 0 Å². The van der Waals surface area contributed by atoms with Crippen LogP contribution in [0.3, 0.4) is 0 Å². The maximum Gasteiger partial charge on any atom is 0.274 e. The molecule has 1 saturated heterocycles. The first-order valence-corrected chi connectivity index (χ1v) is 11.0. The minimum absolute atomic E-state index is 0.0690. The zero-order chi connectivity index (χ0) is 22.6. The molecule has 4 aromatic rings. The second kappa shape index (κ2) is 9.20. The van der Waals surface area contributed by atoms with E-state index in [0.29, 0.717) is 36.8 Å². The summed E-state index contributed by atoms with van der Waals surface area (Å²) in [5.41, 5.74) is 4.08. The van der Waals surface area contributed by atoms with Crippen molar-refractivity contribution >= 4 is 17.5 Å². The molecule has 166 valence electrons. The molecule has 2 amide bonds. The van der Waals surface area contributed by atoms with Crippen LogP contribution in [0, 0.1) is 0 Å². The number of hydrogen-bond acceptors (Lipinski definition) is 5. The maximum absolute atomic E-state index is 12.6. The number of nitrogens with zero attached hydrogens (tertiary/aromatic N) is 5. The molecule has 1 aromatic carbocycles. The van der Waals surface area contributed by atoms with E-state index in [1.165, 1.54) is 18.0 Å². The molecule has 3 aromatic heterocycles. The van der Waals surface area contributed by atoms with Crippen molar-refractivity contribution in [3.63, 3.8) is 0 Å². The second-order valence-electron chi connectivity index (χ2n) is 8.19. The van der Waals surface area contributed by atoms with E-state index in [0.717, 1.165) is 24.1 Å². The Hall–Kier alpha value is -4.07. The summed E-state index contributed by atoms with van der Waals surface area (Å²) in [7, 11) is 0. The van der Waals surface area contributed by atoms with Gasteiger partial charge in [-0.05, 0) is 54.2 Å². The standard InChI is InChI=1S/C25H24N6O2/c32-24(29-16-18-5-11-30-14-10-28-23(30)15-18)21-3-1-19(2-4-21)20-6-12-31(13-7-20)25(33)22-17-26-8-9-27-22/h1-5,8-11,14-15,17,20H,6-7,12-13,16H2,(H,29,32). The van der Waals surface area contributed by atoms with Crippen LogP contribution in [0.25, 0.3) is 5.65 Å². The van der Waals surface area contributed by atoms with Crippen molar-refractivity contribution in [1.29, 1.82) is 0 Å². The van der Waals surface area contributed by atoms with Gasteiger partial charge in [-0.15, -0.1) is 0 Å². The zero-order valence-electron chi connectivity index (χ0n) is 18.1. The van der Waals surface area contributed by atoms with E-state index in [4.69, 9.17) is 0 Å². The number of carbonyl (C=O) groups excluding carboxylic acids is 2. The molecule has 1 N–H and O–H groups in total. The van der Waals surface area contributed by atoms with Gasteiger partial charge in [-0.3, -0.25) is 14.6 Å². The highest BCUT2D eigenvalue weighted by Gasteiger charge is 2.25. The van der Waals surface area contributed by atoms with Crippen molar-refractivity contribution in [2.75, 3.05) is 13.1 Å². The predicted octanol–water partition coefficient (Wildman–Crippen LogP) is 3.07. The number of likely N-dealkylation sites (tertiary alicyclic amines) is 1. The highest BCUT2D eigenvalue weighted by Crippen LogP contribution is 2.28.